The minimum atomic E-state index is -4.84. The number of hydrogen-bond acceptors (Lipinski definition) is 3. The van der Waals surface area contributed by atoms with Gasteiger partial charge in [-0.15, -0.1) is 0 Å². The van der Waals surface area contributed by atoms with E-state index in [0.29, 0.717) is 10.6 Å². The molecule has 0 aliphatic rings. The molecule has 0 saturated heterocycles. The number of halogens is 1. The molecule has 0 spiro atoms. The van der Waals surface area contributed by atoms with E-state index in [9.17, 15) is 12.3 Å². The molecule has 0 saturated carbocycles. The van der Waals surface area contributed by atoms with Crippen LogP contribution in [-0.4, -0.2) is 21.6 Å². The molecule has 16 heavy (non-hydrogen) atoms. The summed E-state index contributed by atoms with van der Waals surface area (Å²) in [5, 5.41) is 1.07. The van der Waals surface area contributed by atoms with Gasteiger partial charge in [-0.3, -0.25) is 0 Å². The number of hydrogen-bond donors (Lipinski definition) is 0. The minimum absolute atomic E-state index is 0.511. The second kappa shape index (κ2) is 5.27. The van der Waals surface area contributed by atoms with E-state index in [-0.39, 0.29) is 0 Å². The van der Waals surface area contributed by atoms with Crippen LogP contribution < -0.4 is 0 Å². The normalized spacial score (nSPS) is 17.7. The Morgan fingerprint density at radius 2 is 1.88 bits per heavy atom. The van der Waals surface area contributed by atoms with Crippen LogP contribution in [0.15, 0.2) is 30.3 Å². The van der Waals surface area contributed by atoms with Crippen LogP contribution in [0.3, 0.4) is 0 Å². The summed E-state index contributed by atoms with van der Waals surface area (Å²) in [7, 11) is -4.84. The molecule has 0 heterocycles. The van der Waals surface area contributed by atoms with Crippen molar-refractivity contribution in [2.45, 2.75) is 23.4 Å². The van der Waals surface area contributed by atoms with Crippen molar-refractivity contribution in [2.24, 2.45) is 0 Å². The van der Waals surface area contributed by atoms with Crippen molar-refractivity contribution in [3.63, 3.8) is 0 Å². The molecule has 0 fully saturated rings. The van der Waals surface area contributed by atoms with Gasteiger partial charge in [-0.05, 0) is 0 Å². The summed E-state index contributed by atoms with van der Waals surface area (Å²) in [4.78, 5) is 0. The van der Waals surface area contributed by atoms with Crippen molar-refractivity contribution in [2.75, 3.05) is 0 Å². The molecular formula is C10H15FO3SSe. The Morgan fingerprint density at radius 1 is 1.31 bits per heavy atom. The standard InChI is InChI=1S/C10H15FO3SSe/c1-3-16(2,14-15(11,12)13)9-10-7-5-4-6-8-10/h4-8H,3,9H2,1-2H3. The first-order chi connectivity index (χ1) is 7.35. The Labute approximate surface area is 98.6 Å². The summed E-state index contributed by atoms with van der Waals surface area (Å²) in [6.07, 6.45) is 0. The van der Waals surface area contributed by atoms with Crippen LogP contribution in [0.5, 0.6) is 0 Å². The van der Waals surface area contributed by atoms with E-state index in [1.165, 1.54) is 0 Å². The molecule has 0 bridgehead atoms. The molecule has 6 heteroatoms. The number of benzene rings is 1. The fourth-order valence-corrected chi connectivity index (χ4v) is 7.52. The Morgan fingerprint density at radius 3 is 2.31 bits per heavy atom. The number of rotatable bonds is 5. The van der Waals surface area contributed by atoms with Gasteiger partial charge in [-0.25, -0.2) is 0 Å². The van der Waals surface area contributed by atoms with Gasteiger partial charge in [-0.2, -0.15) is 0 Å². The van der Waals surface area contributed by atoms with E-state index in [4.69, 9.17) is 0 Å². The molecule has 92 valence electrons. The van der Waals surface area contributed by atoms with Crippen LogP contribution >= 0.6 is 0 Å². The van der Waals surface area contributed by atoms with Gasteiger partial charge in [0, 0.05) is 0 Å². The van der Waals surface area contributed by atoms with Crippen molar-refractivity contribution in [3.8, 4) is 0 Å². The van der Waals surface area contributed by atoms with Gasteiger partial charge in [0.05, 0.1) is 0 Å². The molecule has 1 atom stereocenters. The van der Waals surface area contributed by atoms with Crippen LogP contribution in [0.1, 0.15) is 12.5 Å². The molecule has 0 amide bonds. The van der Waals surface area contributed by atoms with Crippen molar-refractivity contribution < 1.29 is 15.6 Å². The van der Waals surface area contributed by atoms with E-state index in [1.54, 1.807) is 5.82 Å². The molecule has 1 unspecified atom stereocenters. The van der Waals surface area contributed by atoms with Gasteiger partial charge in [-0.1, -0.05) is 0 Å². The van der Waals surface area contributed by atoms with Crippen molar-refractivity contribution in [3.05, 3.63) is 35.9 Å². The maximum absolute atomic E-state index is 12.6. The Bertz CT molecular complexity index is 435. The van der Waals surface area contributed by atoms with E-state index >= 15 is 0 Å². The van der Waals surface area contributed by atoms with Gasteiger partial charge in [0.15, 0.2) is 0 Å². The topological polar surface area (TPSA) is 43.4 Å². The summed E-state index contributed by atoms with van der Waals surface area (Å²) in [5.41, 5.74) is 0.982. The van der Waals surface area contributed by atoms with Crippen LogP contribution in [0.2, 0.25) is 11.1 Å². The first-order valence-corrected chi connectivity index (χ1v) is 10.9. The van der Waals surface area contributed by atoms with Crippen molar-refractivity contribution >= 4 is 23.7 Å². The van der Waals surface area contributed by atoms with Crippen LogP contribution in [0, 0.1) is 0 Å². The molecule has 0 aliphatic carbocycles. The fourth-order valence-electron chi connectivity index (χ4n) is 1.30. The second-order valence-electron chi connectivity index (χ2n) is 3.56. The fraction of sp³-hybridized carbons (Fsp3) is 0.400. The van der Waals surface area contributed by atoms with E-state index in [1.807, 2.05) is 37.3 Å². The van der Waals surface area contributed by atoms with E-state index < -0.39 is 23.7 Å². The summed E-state index contributed by atoms with van der Waals surface area (Å²) in [6, 6.07) is 9.39. The van der Waals surface area contributed by atoms with E-state index in [2.05, 4.69) is 3.27 Å². The zero-order valence-corrected chi connectivity index (χ0v) is 11.7. The predicted octanol–water partition coefficient (Wildman–Crippen LogP) is 2.59. The molecule has 1 rings (SSSR count). The SMILES string of the molecule is CC[Se](C)(Cc1ccccc1)OS(=O)(=O)F. The van der Waals surface area contributed by atoms with Crippen LogP contribution in [0.25, 0.3) is 0 Å². The zero-order valence-electron chi connectivity index (χ0n) is 9.22. The molecule has 3 nitrogen and oxygen atoms in total. The zero-order chi connectivity index (χ0) is 12.2. The maximum atomic E-state index is 12.6. The van der Waals surface area contributed by atoms with Crippen molar-refractivity contribution in [1.29, 1.82) is 0 Å². The van der Waals surface area contributed by atoms with Gasteiger partial charge >= 0.3 is 98.5 Å². The molecular weight excluding hydrogens is 298 g/mol. The van der Waals surface area contributed by atoms with Gasteiger partial charge in [0.1, 0.15) is 0 Å². The van der Waals surface area contributed by atoms with Gasteiger partial charge < -0.3 is 0 Å². The predicted molar refractivity (Wildman–Crippen MR) is 63.4 cm³/mol. The van der Waals surface area contributed by atoms with Crippen LogP contribution in [-0.2, 0) is 19.1 Å². The quantitative estimate of drug-likeness (QED) is 0.620. The molecule has 0 radical (unpaired) electrons. The molecule has 1 aromatic rings. The molecule has 0 aromatic heterocycles. The molecule has 0 N–H and O–H groups in total. The van der Waals surface area contributed by atoms with E-state index in [0.717, 1.165) is 5.56 Å². The summed E-state index contributed by atoms with van der Waals surface area (Å²) >= 11 is -2.75. The first kappa shape index (κ1) is 13.6. The third-order valence-corrected chi connectivity index (χ3v) is 10.3. The van der Waals surface area contributed by atoms with Gasteiger partial charge in [0.25, 0.3) is 0 Å². The third kappa shape index (κ3) is 4.61. The first-order valence-electron chi connectivity index (χ1n) is 4.78. The summed E-state index contributed by atoms with van der Waals surface area (Å²) in [6.45, 7) is 1.83. The average molecular weight is 313 g/mol. The summed E-state index contributed by atoms with van der Waals surface area (Å²) < 4.78 is 38.3. The van der Waals surface area contributed by atoms with Gasteiger partial charge in [0.2, 0.25) is 0 Å². The Balaban J connectivity index is 2.82. The Hall–Kier alpha value is -0.421. The summed E-state index contributed by atoms with van der Waals surface area (Å²) in [5.74, 6) is 1.74. The molecule has 0 aliphatic heterocycles. The monoisotopic (exact) mass is 314 g/mol. The molecule has 1 aromatic carbocycles. The third-order valence-electron chi connectivity index (χ3n) is 2.17. The Kier molecular flexibility index (Phi) is 4.50. The van der Waals surface area contributed by atoms with Crippen LogP contribution in [0.4, 0.5) is 3.89 Å². The average Bonchev–Trinajstić information content (AvgIpc) is 2.16. The second-order valence-corrected chi connectivity index (χ2v) is 12.1. The van der Waals surface area contributed by atoms with Crippen molar-refractivity contribution in [1.82, 2.24) is 0 Å².